The molecule has 112 valence electrons. The molecule has 0 radical (unpaired) electrons. The molecule has 2 aromatic rings. The molecule has 0 bridgehead atoms. The van der Waals surface area contributed by atoms with Crippen molar-refractivity contribution in [1.29, 1.82) is 0 Å². The standard InChI is InChI=1S/C16H14Br3FO/c1-8-6-13(18)9(2)14(16(8)21-3)15(19)11-7-10(20)4-5-12(11)17/h4-7,15H,1-3H3. The van der Waals surface area contributed by atoms with Crippen molar-refractivity contribution in [3.8, 4) is 5.75 Å². The quantitative estimate of drug-likeness (QED) is 0.458. The van der Waals surface area contributed by atoms with E-state index in [9.17, 15) is 4.39 Å². The smallest absolute Gasteiger partial charge is 0.126 e. The van der Waals surface area contributed by atoms with Crippen molar-refractivity contribution < 1.29 is 9.13 Å². The van der Waals surface area contributed by atoms with Gasteiger partial charge in [0.25, 0.3) is 0 Å². The highest BCUT2D eigenvalue weighted by Crippen LogP contribution is 2.44. The lowest BCUT2D eigenvalue weighted by molar-refractivity contribution is 0.406. The van der Waals surface area contributed by atoms with E-state index in [2.05, 4.69) is 47.8 Å². The number of hydrogen-bond acceptors (Lipinski definition) is 1. The second kappa shape index (κ2) is 6.80. The van der Waals surface area contributed by atoms with E-state index in [1.165, 1.54) is 12.1 Å². The van der Waals surface area contributed by atoms with Crippen LogP contribution in [0.15, 0.2) is 33.2 Å². The van der Waals surface area contributed by atoms with Gasteiger partial charge in [-0.3, -0.25) is 0 Å². The van der Waals surface area contributed by atoms with E-state index in [-0.39, 0.29) is 10.6 Å². The molecule has 21 heavy (non-hydrogen) atoms. The molecule has 0 saturated carbocycles. The number of hydrogen-bond donors (Lipinski definition) is 0. The molecule has 0 spiro atoms. The van der Waals surface area contributed by atoms with Gasteiger partial charge in [-0.1, -0.05) is 47.8 Å². The third kappa shape index (κ3) is 3.35. The topological polar surface area (TPSA) is 9.23 Å². The molecule has 2 aromatic carbocycles. The van der Waals surface area contributed by atoms with Crippen LogP contribution in [0.2, 0.25) is 0 Å². The highest BCUT2D eigenvalue weighted by molar-refractivity contribution is 9.11. The third-order valence-corrected chi connectivity index (χ3v) is 5.89. The Morgan fingerprint density at radius 3 is 2.38 bits per heavy atom. The first-order valence-corrected chi connectivity index (χ1v) is 8.79. The number of benzene rings is 2. The summed E-state index contributed by atoms with van der Waals surface area (Å²) in [6.07, 6.45) is 0. The van der Waals surface area contributed by atoms with Crippen molar-refractivity contribution in [3.05, 3.63) is 61.3 Å². The summed E-state index contributed by atoms with van der Waals surface area (Å²) < 4.78 is 21.0. The summed E-state index contributed by atoms with van der Waals surface area (Å²) in [5.41, 5.74) is 3.92. The van der Waals surface area contributed by atoms with Gasteiger partial charge in [0.15, 0.2) is 0 Å². The van der Waals surface area contributed by atoms with Crippen molar-refractivity contribution in [2.24, 2.45) is 0 Å². The second-order valence-electron chi connectivity index (χ2n) is 4.78. The van der Waals surface area contributed by atoms with Crippen molar-refractivity contribution >= 4 is 47.8 Å². The zero-order valence-corrected chi connectivity index (χ0v) is 16.6. The van der Waals surface area contributed by atoms with Gasteiger partial charge in [-0.05, 0) is 54.8 Å². The van der Waals surface area contributed by atoms with Gasteiger partial charge in [-0.2, -0.15) is 0 Å². The molecule has 1 unspecified atom stereocenters. The van der Waals surface area contributed by atoms with Crippen LogP contribution in [0.1, 0.15) is 27.1 Å². The van der Waals surface area contributed by atoms with Crippen molar-refractivity contribution in [2.45, 2.75) is 18.7 Å². The molecule has 0 saturated heterocycles. The van der Waals surface area contributed by atoms with E-state index < -0.39 is 0 Å². The number of aryl methyl sites for hydroxylation is 1. The summed E-state index contributed by atoms with van der Waals surface area (Å²) in [5.74, 6) is 0.551. The van der Waals surface area contributed by atoms with Gasteiger partial charge in [0.1, 0.15) is 11.6 Å². The Labute approximate surface area is 149 Å². The fourth-order valence-electron chi connectivity index (χ4n) is 2.32. The zero-order valence-electron chi connectivity index (χ0n) is 11.8. The minimum absolute atomic E-state index is 0.172. The van der Waals surface area contributed by atoms with Crippen LogP contribution in [0.5, 0.6) is 5.75 Å². The average Bonchev–Trinajstić information content (AvgIpc) is 2.44. The van der Waals surface area contributed by atoms with Gasteiger partial charge >= 0.3 is 0 Å². The van der Waals surface area contributed by atoms with E-state index in [4.69, 9.17) is 4.74 Å². The number of ether oxygens (including phenoxy) is 1. The monoisotopic (exact) mass is 478 g/mol. The molecule has 2 rings (SSSR count). The Balaban J connectivity index is 2.68. The van der Waals surface area contributed by atoms with E-state index in [0.717, 1.165) is 36.9 Å². The lowest BCUT2D eigenvalue weighted by Gasteiger charge is -2.21. The molecule has 0 aliphatic rings. The predicted molar refractivity (Wildman–Crippen MR) is 95.0 cm³/mol. The maximum Gasteiger partial charge on any atom is 0.126 e. The van der Waals surface area contributed by atoms with Gasteiger partial charge in [0.2, 0.25) is 0 Å². The minimum Gasteiger partial charge on any atom is -0.496 e. The van der Waals surface area contributed by atoms with E-state index >= 15 is 0 Å². The summed E-state index contributed by atoms with van der Waals surface area (Å²) in [4.78, 5) is -0.172. The summed E-state index contributed by atoms with van der Waals surface area (Å²) in [5, 5.41) is 0. The molecule has 0 heterocycles. The van der Waals surface area contributed by atoms with Gasteiger partial charge in [0, 0.05) is 14.5 Å². The van der Waals surface area contributed by atoms with Gasteiger partial charge in [-0.25, -0.2) is 4.39 Å². The largest absolute Gasteiger partial charge is 0.496 e. The zero-order chi connectivity index (χ0) is 15.7. The average molecular weight is 481 g/mol. The molecule has 1 nitrogen and oxygen atoms in total. The summed E-state index contributed by atoms with van der Waals surface area (Å²) in [7, 11) is 1.65. The first-order valence-electron chi connectivity index (χ1n) is 6.29. The van der Waals surface area contributed by atoms with Crippen LogP contribution in [0.25, 0.3) is 0 Å². The van der Waals surface area contributed by atoms with Crippen LogP contribution in [0, 0.1) is 19.7 Å². The summed E-state index contributed by atoms with van der Waals surface area (Å²) in [6.45, 7) is 4.01. The number of halogens is 4. The van der Waals surface area contributed by atoms with Crippen LogP contribution in [0.3, 0.4) is 0 Å². The van der Waals surface area contributed by atoms with Crippen LogP contribution in [-0.4, -0.2) is 7.11 Å². The molecule has 0 fully saturated rings. The van der Waals surface area contributed by atoms with Gasteiger partial charge in [0.05, 0.1) is 11.9 Å². The van der Waals surface area contributed by atoms with Crippen LogP contribution < -0.4 is 4.74 Å². The SMILES string of the molecule is COc1c(C)cc(Br)c(C)c1C(Br)c1cc(F)ccc1Br. The van der Waals surface area contributed by atoms with Crippen LogP contribution in [0.4, 0.5) is 4.39 Å². The highest BCUT2D eigenvalue weighted by atomic mass is 79.9. The lowest BCUT2D eigenvalue weighted by atomic mass is 9.97. The summed E-state index contributed by atoms with van der Waals surface area (Å²) in [6, 6.07) is 6.70. The molecule has 0 N–H and O–H groups in total. The Hall–Kier alpha value is -0.390. The molecule has 0 amide bonds. The lowest BCUT2D eigenvalue weighted by Crippen LogP contribution is -2.03. The van der Waals surface area contributed by atoms with Crippen molar-refractivity contribution in [3.63, 3.8) is 0 Å². The molecular formula is C16H14Br3FO. The second-order valence-corrected chi connectivity index (χ2v) is 7.40. The molecule has 0 aliphatic carbocycles. The first-order chi connectivity index (χ1) is 9.86. The normalized spacial score (nSPS) is 12.3. The molecule has 1 atom stereocenters. The first kappa shape index (κ1) is 17.0. The Bertz CT molecular complexity index is 686. The van der Waals surface area contributed by atoms with Crippen LogP contribution >= 0.6 is 47.8 Å². The highest BCUT2D eigenvalue weighted by Gasteiger charge is 2.23. The molecule has 0 aromatic heterocycles. The maximum absolute atomic E-state index is 13.6. The van der Waals surface area contributed by atoms with Crippen molar-refractivity contribution in [2.75, 3.05) is 7.11 Å². The van der Waals surface area contributed by atoms with Crippen molar-refractivity contribution in [1.82, 2.24) is 0 Å². The molecule has 0 aliphatic heterocycles. The predicted octanol–water partition coefficient (Wildman–Crippen LogP) is 6.46. The Kier molecular flexibility index (Phi) is 5.49. The van der Waals surface area contributed by atoms with Gasteiger partial charge in [-0.15, -0.1) is 0 Å². The third-order valence-electron chi connectivity index (χ3n) is 3.40. The Morgan fingerprint density at radius 1 is 1.10 bits per heavy atom. The summed E-state index contributed by atoms with van der Waals surface area (Å²) >= 11 is 10.8. The number of methoxy groups -OCH3 is 1. The number of rotatable bonds is 3. The van der Waals surface area contributed by atoms with E-state index in [1.807, 2.05) is 19.9 Å². The fourth-order valence-corrected chi connectivity index (χ4v) is 4.59. The van der Waals surface area contributed by atoms with E-state index in [0.29, 0.717) is 0 Å². The van der Waals surface area contributed by atoms with E-state index in [1.54, 1.807) is 13.2 Å². The maximum atomic E-state index is 13.6. The Morgan fingerprint density at radius 2 is 1.76 bits per heavy atom. The fraction of sp³-hybridized carbons (Fsp3) is 0.250. The molecule has 5 heteroatoms. The minimum atomic E-state index is -0.263. The van der Waals surface area contributed by atoms with Gasteiger partial charge < -0.3 is 4.74 Å². The molecular weight excluding hydrogens is 467 g/mol. The number of alkyl halides is 1. The van der Waals surface area contributed by atoms with Crippen LogP contribution in [-0.2, 0) is 0 Å².